The predicted octanol–water partition coefficient (Wildman–Crippen LogP) is 1.64. The van der Waals surface area contributed by atoms with Crippen LogP contribution in [0, 0.1) is 0 Å². The molecule has 5 nitrogen and oxygen atoms in total. The van der Waals surface area contributed by atoms with Gasteiger partial charge in [0.15, 0.2) is 6.10 Å². The van der Waals surface area contributed by atoms with E-state index in [1.807, 2.05) is 0 Å². The zero-order valence-electron chi connectivity index (χ0n) is 9.40. The monoisotopic (exact) mass is 257 g/mol. The molecule has 1 unspecified atom stereocenters. The summed E-state index contributed by atoms with van der Waals surface area (Å²) in [7, 11) is 1.21. The van der Waals surface area contributed by atoms with Crippen LogP contribution in [0.25, 0.3) is 0 Å². The molecule has 0 heterocycles. The molecule has 0 spiro atoms. The van der Waals surface area contributed by atoms with E-state index in [-0.39, 0.29) is 16.3 Å². The first-order chi connectivity index (χ1) is 7.97. The second-order valence-corrected chi connectivity index (χ2v) is 3.66. The summed E-state index contributed by atoms with van der Waals surface area (Å²) in [6.45, 7) is 1.41. The van der Waals surface area contributed by atoms with Gasteiger partial charge in [0.05, 0.1) is 23.4 Å². The van der Waals surface area contributed by atoms with Crippen molar-refractivity contribution in [3.63, 3.8) is 0 Å². The summed E-state index contributed by atoms with van der Waals surface area (Å²) < 4.78 is 9.30. The number of methoxy groups -OCH3 is 1. The Morgan fingerprint density at radius 1 is 1.41 bits per heavy atom. The largest absolute Gasteiger partial charge is 0.466 e. The van der Waals surface area contributed by atoms with Crippen LogP contribution in [0.2, 0.25) is 5.02 Å². The van der Waals surface area contributed by atoms with Crippen molar-refractivity contribution in [3.05, 3.63) is 28.8 Å². The number of halogens is 1. The van der Waals surface area contributed by atoms with Crippen LogP contribution < -0.4 is 5.73 Å². The van der Waals surface area contributed by atoms with Gasteiger partial charge in [0.25, 0.3) is 0 Å². The van der Waals surface area contributed by atoms with Crippen LogP contribution in [0.4, 0.5) is 5.69 Å². The normalized spacial score (nSPS) is 11.7. The standard InChI is InChI=1S/C11H12ClNO4/c1-6(10(14)16-2)17-11(15)7-4-3-5-8(13)9(7)12/h3-6H,13H2,1-2H3. The number of anilines is 1. The van der Waals surface area contributed by atoms with Crippen molar-refractivity contribution < 1.29 is 19.1 Å². The molecule has 17 heavy (non-hydrogen) atoms. The van der Waals surface area contributed by atoms with Gasteiger partial charge in [0.1, 0.15) is 0 Å². The van der Waals surface area contributed by atoms with E-state index in [1.165, 1.54) is 20.1 Å². The number of hydrogen-bond donors (Lipinski definition) is 1. The smallest absolute Gasteiger partial charge is 0.346 e. The van der Waals surface area contributed by atoms with Gasteiger partial charge in [-0.3, -0.25) is 0 Å². The van der Waals surface area contributed by atoms with Gasteiger partial charge in [-0.15, -0.1) is 0 Å². The van der Waals surface area contributed by atoms with E-state index in [1.54, 1.807) is 12.1 Å². The fraction of sp³-hybridized carbons (Fsp3) is 0.273. The lowest BCUT2D eigenvalue weighted by molar-refractivity contribution is -0.149. The molecule has 0 aliphatic rings. The minimum Gasteiger partial charge on any atom is -0.466 e. The molecule has 1 aromatic rings. The van der Waals surface area contributed by atoms with E-state index in [2.05, 4.69) is 4.74 Å². The fourth-order valence-corrected chi connectivity index (χ4v) is 1.35. The lowest BCUT2D eigenvalue weighted by Crippen LogP contribution is -2.25. The van der Waals surface area contributed by atoms with Gasteiger partial charge in [0.2, 0.25) is 0 Å². The number of rotatable bonds is 3. The number of ether oxygens (including phenoxy) is 2. The van der Waals surface area contributed by atoms with Gasteiger partial charge in [-0.05, 0) is 19.1 Å². The lowest BCUT2D eigenvalue weighted by atomic mass is 10.2. The summed E-state index contributed by atoms with van der Waals surface area (Å²) in [5, 5.41) is 0.106. The summed E-state index contributed by atoms with van der Waals surface area (Å²) >= 11 is 5.84. The van der Waals surface area contributed by atoms with Crippen molar-refractivity contribution >= 4 is 29.2 Å². The topological polar surface area (TPSA) is 78.6 Å². The maximum atomic E-state index is 11.7. The predicted molar refractivity (Wildman–Crippen MR) is 62.8 cm³/mol. The van der Waals surface area contributed by atoms with E-state index in [9.17, 15) is 9.59 Å². The first-order valence-corrected chi connectivity index (χ1v) is 5.18. The third-order valence-corrected chi connectivity index (χ3v) is 2.49. The van der Waals surface area contributed by atoms with Gasteiger partial charge >= 0.3 is 11.9 Å². The number of carbonyl (C=O) groups excluding carboxylic acids is 2. The van der Waals surface area contributed by atoms with Gasteiger partial charge in [-0.2, -0.15) is 0 Å². The second kappa shape index (κ2) is 5.54. The number of esters is 2. The molecule has 1 aromatic carbocycles. The van der Waals surface area contributed by atoms with Crippen molar-refractivity contribution in [2.75, 3.05) is 12.8 Å². The highest BCUT2D eigenvalue weighted by molar-refractivity contribution is 6.36. The van der Waals surface area contributed by atoms with E-state index in [0.29, 0.717) is 0 Å². The molecule has 0 amide bonds. The van der Waals surface area contributed by atoms with Gasteiger partial charge in [-0.1, -0.05) is 17.7 Å². The molecule has 6 heteroatoms. The Hall–Kier alpha value is -1.75. The Bertz CT molecular complexity index is 447. The van der Waals surface area contributed by atoms with Gasteiger partial charge in [-0.25, -0.2) is 9.59 Å². The molecule has 2 N–H and O–H groups in total. The number of hydrogen-bond acceptors (Lipinski definition) is 5. The SMILES string of the molecule is COC(=O)C(C)OC(=O)c1cccc(N)c1Cl. The quantitative estimate of drug-likeness (QED) is 0.658. The van der Waals surface area contributed by atoms with Crippen LogP contribution in [0.3, 0.4) is 0 Å². The van der Waals surface area contributed by atoms with Crippen molar-refractivity contribution in [1.29, 1.82) is 0 Å². The molecule has 0 bridgehead atoms. The number of benzene rings is 1. The van der Waals surface area contributed by atoms with Crippen LogP contribution >= 0.6 is 11.6 Å². The van der Waals surface area contributed by atoms with Crippen LogP contribution in [-0.2, 0) is 14.3 Å². The minimum absolute atomic E-state index is 0.106. The van der Waals surface area contributed by atoms with Gasteiger partial charge in [0, 0.05) is 0 Å². The molecular weight excluding hydrogens is 246 g/mol. The molecule has 0 saturated heterocycles. The summed E-state index contributed by atoms with van der Waals surface area (Å²) in [4.78, 5) is 22.8. The number of carbonyl (C=O) groups is 2. The molecular formula is C11H12ClNO4. The summed E-state index contributed by atoms with van der Waals surface area (Å²) in [5.74, 6) is -1.36. The van der Waals surface area contributed by atoms with Crippen LogP contribution in [0.15, 0.2) is 18.2 Å². The lowest BCUT2D eigenvalue weighted by Gasteiger charge is -2.12. The van der Waals surface area contributed by atoms with Crippen molar-refractivity contribution in [1.82, 2.24) is 0 Å². The van der Waals surface area contributed by atoms with Crippen LogP contribution in [0.1, 0.15) is 17.3 Å². The molecule has 1 atom stereocenters. The molecule has 0 radical (unpaired) electrons. The van der Waals surface area contributed by atoms with E-state index < -0.39 is 18.0 Å². The van der Waals surface area contributed by atoms with Crippen molar-refractivity contribution in [2.24, 2.45) is 0 Å². The Labute approximate surface area is 103 Å². The summed E-state index contributed by atoms with van der Waals surface area (Å²) in [6, 6.07) is 4.59. The van der Waals surface area contributed by atoms with Crippen LogP contribution in [-0.4, -0.2) is 25.2 Å². The third kappa shape index (κ3) is 3.10. The molecule has 0 saturated carbocycles. The van der Waals surface area contributed by atoms with E-state index >= 15 is 0 Å². The second-order valence-electron chi connectivity index (χ2n) is 3.28. The molecule has 1 rings (SSSR count). The molecule has 0 aliphatic heterocycles. The highest BCUT2D eigenvalue weighted by Crippen LogP contribution is 2.23. The number of nitrogen functional groups attached to an aromatic ring is 1. The van der Waals surface area contributed by atoms with Crippen LogP contribution in [0.5, 0.6) is 0 Å². The Kier molecular flexibility index (Phi) is 4.34. The molecule has 0 fully saturated rings. The molecule has 92 valence electrons. The fourth-order valence-electron chi connectivity index (χ4n) is 1.15. The molecule has 0 aromatic heterocycles. The first kappa shape index (κ1) is 13.3. The Balaban J connectivity index is 2.84. The average Bonchev–Trinajstić information content (AvgIpc) is 2.31. The van der Waals surface area contributed by atoms with Crippen molar-refractivity contribution in [2.45, 2.75) is 13.0 Å². The first-order valence-electron chi connectivity index (χ1n) is 4.80. The maximum absolute atomic E-state index is 11.7. The van der Waals surface area contributed by atoms with E-state index in [0.717, 1.165) is 0 Å². The Morgan fingerprint density at radius 3 is 2.65 bits per heavy atom. The molecule has 0 aliphatic carbocycles. The third-order valence-electron chi connectivity index (χ3n) is 2.07. The Morgan fingerprint density at radius 2 is 2.06 bits per heavy atom. The minimum atomic E-state index is -0.995. The number of nitrogens with two attached hydrogens (primary N) is 1. The zero-order chi connectivity index (χ0) is 13.0. The van der Waals surface area contributed by atoms with Crippen molar-refractivity contribution in [3.8, 4) is 0 Å². The summed E-state index contributed by atoms with van der Waals surface area (Å²) in [6.07, 6.45) is -0.995. The highest BCUT2D eigenvalue weighted by atomic mass is 35.5. The summed E-state index contributed by atoms with van der Waals surface area (Å²) in [5.41, 5.74) is 5.93. The maximum Gasteiger partial charge on any atom is 0.346 e. The zero-order valence-corrected chi connectivity index (χ0v) is 10.2. The average molecular weight is 258 g/mol. The van der Waals surface area contributed by atoms with Gasteiger partial charge < -0.3 is 15.2 Å². The highest BCUT2D eigenvalue weighted by Gasteiger charge is 2.21. The van der Waals surface area contributed by atoms with E-state index in [4.69, 9.17) is 22.1 Å².